The molecule has 1 aromatic rings. The van der Waals surface area contributed by atoms with Gasteiger partial charge in [-0.1, -0.05) is 6.07 Å². The predicted molar refractivity (Wildman–Crippen MR) is 81.1 cm³/mol. The van der Waals surface area contributed by atoms with Crippen molar-refractivity contribution in [2.75, 3.05) is 11.4 Å². The molecule has 2 saturated heterocycles. The smallest absolute Gasteiger partial charge is 0.230 e. The number of amides is 4. The number of nitrogens with one attached hydrogen (secondary N) is 2. The van der Waals surface area contributed by atoms with Gasteiger partial charge < -0.3 is 10.2 Å². The van der Waals surface area contributed by atoms with Gasteiger partial charge in [-0.15, -0.1) is 0 Å². The van der Waals surface area contributed by atoms with Gasteiger partial charge in [0.05, 0.1) is 12.0 Å². The lowest BCUT2D eigenvalue weighted by atomic mass is 10.0. The number of hydrogen-bond donors (Lipinski definition) is 2. The van der Waals surface area contributed by atoms with E-state index in [4.69, 9.17) is 0 Å². The fourth-order valence-electron chi connectivity index (χ4n) is 3.05. The highest BCUT2D eigenvalue weighted by Crippen LogP contribution is 2.27. The number of benzene rings is 1. The molecule has 0 aromatic heterocycles. The minimum atomic E-state index is -0.860. The average molecular weight is 351 g/mol. The molecule has 3 rings (SSSR count). The van der Waals surface area contributed by atoms with Gasteiger partial charge in [-0.3, -0.25) is 24.5 Å². The molecule has 0 aliphatic carbocycles. The molecule has 4 amide bonds. The molecule has 0 radical (unpaired) electrons. The zero-order valence-corrected chi connectivity index (χ0v) is 13.1. The lowest BCUT2D eigenvalue weighted by molar-refractivity contribution is -0.129. The Morgan fingerprint density at radius 1 is 1.20 bits per heavy atom. The predicted octanol–water partition coefficient (Wildman–Crippen LogP) is 0.239. The van der Waals surface area contributed by atoms with Gasteiger partial charge in [0.25, 0.3) is 0 Å². The van der Waals surface area contributed by atoms with Crippen LogP contribution in [-0.2, 0) is 19.2 Å². The molecule has 132 valence electrons. The second kappa shape index (κ2) is 6.58. The Morgan fingerprint density at radius 3 is 2.48 bits per heavy atom. The van der Waals surface area contributed by atoms with E-state index in [1.54, 1.807) is 0 Å². The Labute approximate surface area is 141 Å². The molecule has 2 N–H and O–H groups in total. The zero-order chi connectivity index (χ0) is 18.1. The SMILES string of the molecule is O=C1CC(CC(=O)NC2CC(=O)N(c3c(F)cccc3F)C2)C(=O)N1. The Balaban J connectivity index is 1.62. The van der Waals surface area contributed by atoms with Gasteiger partial charge in [0.2, 0.25) is 23.6 Å². The van der Waals surface area contributed by atoms with Crippen molar-refractivity contribution in [2.45, 2.75) is 25.3 Å². The minimum absolute atomic E-state index is 0.0532. The highest BCUT2D eigenvalue weighted by molar-refractivity contribution is 6.05. The second-order valence-electron chi connectivity index (χ2n) is 6.06. The minimum Gasteiger partial charge on any atom is -0.351 e. The largest absolute Gasteiger partial charge is 0.351 e. The van der Waals surface area contributed by atoms with E-state index >= 15 is 0 Å². The third-order valence-electron chi connectivity index (χ3n) is 4.19. The van der Waals surface area contributed by atoms with Crippen molar-refractivity contribution < 1.29 is 28.0 Å². The topological polar surface area (TPSA) is 95.6 Å². The van der Waals surface area contributed by atoms with E-state index in [2.05, 4.69) is 10.6 Å². The van der Waals surface area contributed by atoms with Gasteiger partial charge in [-0.2, -0.15) is 0 Å². The van der Waals surface area contributed by atoms with E-state index in [-0.39, 0.29) is 25.8 Å². The van der Waals surface area contributed by atoms with E-state index in [1.165, 1.54) is 6.07 Å². The fourth-order valence-corrected chi connectivity index (χ4v) is 3.05. The number of carbonyl (C=O) groups excluding carboxylic acids is 4. The van der Waals surface area contributed by atoms with E-state index in [1.807, 2.05) is 0 Å². The first-order valence-electron chi connectivity index (χ1n) is 7.72. The number of rotatable bonds is 4. The summed E-state index contributed by atoms with van der Waals surface area (Å²) in [6, 6.07) is 2.67. The lowest BCUT2D eigenvalue weighted by Gasteiger charge is -2.18. The summed E-state index contributed by atoms with van der Waals surface area (Å²) in [4.78, 5) is 47.6. The van der Waals surface area contributed by atoms with Crippen LogP contribution in [0.2, 0.25) is 0 Å². The molecule has 2 aliphatic heterocycles. The number of halogens is 2. The van der Waals surface area contributed by atoms with Crippen LogP contribution in [0.5, 0.6) is 0 Å². The summed E-state index contributed by atoms with van der Waals surface area (Å²) in [5.41, 5.74) is -0.440. The third-order valence-corrected chi connectivity index (χ3v) is 4.19. The standard InChI is InChI=1S/C16H15F2N3O4/c17-10-2-1-3-11(18)15(10)21-7-9(6-14(21)24)19-12(22)4-8-5-13(23)20-16(8)25/h1-3,8-9H,4-7H2,(H,19,22)(H,20,23,25). The van der Waals surface area contributed by atoms with Crippen LogP contribution in [0.1, 0.15) is 19.3 Å². The normalized spacial score (nSPS) is 23.1. The van der Waals surface area contributed by atoms with Crippen molar-refractivity contribution in [1.82, 2.24) is 10.6 Å². The molecule has 1 aromatic carbocycles. The molecule has 2 unspecified atom stereocenters. The molecule has 2 aliphatic rings. The molecular weight excluding hydrogens is 336 g/mol. The molecule has 2 fully saturated rings. The van der Waals surface area contributed by atoms with Crippen LogP contribution in [0, 0.1) is 17.6 Å². The van der Waals surface area contributed by atoms with Gasteiger partial charge in [-0.25, -0.2) is 8.78 Å². The van der Waals surface area contributed by atoms with E-state index < -0.39 is 52.9 Å². The number of imide groups is 1. The van der Waals surface area contributed by atoms with Crippen LogP contribution in [-0.4, -0.2) is 36.2 Å². The van der Waals surface area contributed by atoms with Crippen LogP contribution in [0.15, 0.2) is 18.2 Å². The van der Waals surface area contributed by atoms with Gasteiger partial charge in [0.15, 0.2) is 0 Å². The summed E-state index contributed by atoms with van der Waals surface area (Å²) in [6.45, 7) is -0.0712. The van der Waals surface area contributed by atoms with Crippen LogP contribution >= 0.6 is 0 Å². The van der Waals surface area contributed by atoms with Crippen molar-refractivity contribution >= 4 is 29.3 Å². The monoisotopic (exact) mass is 351 g/mol. The van der Waals surface area contributed by atoms with Gasteiger partial charge in [0.1, 0.15) is 17.3 Å². The molecule has 7 nitrogen and oxygen atoms in total. The maximum absolute atomic E-state index is 13.8. The highest BCUT2D eigenvalue weighted by Gasteiger charge is 2.36. The Kier molecular flexibility index (Phi) is 4.47. The molecule has 2 heterocycles. The van der Waals surface area contributed by atoms with Crippen molar-refractivity contribution in [3.8, 4) is 0 Å². The van der Waals surface area contributed by atoms with Crippen LogP contribution in [0.25, 0.3) is 0 Å². The first-order valence-corrected chi connectivity index (χ1v) is 7.72. The van der Waals surface area contributed by atoms with Crippen molar-refractivity contribution in [3.63, 3.8) is 0 Å². The molecule has 0 spiro atoms. The number of anilines is 1. The number of para-hydroxylation sites is 1. The van der Waals surface area contributed by atoms with Gasteiger partial charge in [-0.05, 0) is 12.1 Å². The van der Waals surface area contributed by atoms with Crippen LogP contribution < -0.4 is 15.5 Å². The summed E-state index contributed by atoms with van der Waals surface area (Å²) in [5.74, 6) is -4.39. The van der Waals surface area contributed by atoms with Crippen molar-refractivity contribution in [2.24, 2.45) is 5.92 Å². The fraction of sp³-hybridized carbons (Fsp3) is 0.375. The Bertz CT molecular complexity index is 747. The number of hydrogen-bond acceptors (Lipinski definition) is 4. The lowest BCUT2D eigenvalue weighted by Crippen LogP contribution is -2.38. The van der Waals surface area contributed by atoms with Gasteiger partial charge >= 0.3 is 0 Å². The first kappa shape index (κ1) is 17.0. The Morgan fingerprint density at radius 2 is 1.88 bits per heavy atom. The molecule has 0 saturated carbocycles. The van der Waals surface area contributed by atoms with E-state index in [9.17, 15) is 28.0 Å². The summed E-state index contributed by atoms with van der Waals surface area (Å²) in [7, 11) is 0. The van der Waals surface area contributed by atoms with Crippen molar-refractivity contribution in [3.05, 3.63) is 29.8 Å². The molecule has 9 heteroatoms. The maximum atomic E-state index is 13.8. The summed E-state index contributed by atoms with van der Waals surface area (Å²) in [5, 5.41) is 4.68. The molecule has 0 bridgehead atoms. The Hall–Kier alpha value is -2.84. The molecular formula is C16H15F2N3O4. The first-order chi connectivity index (χ1) is 11.8. The summed E-state index contributed by atoms with van der Waals surface area (Å²) >= 11 is 0. The quantitative estimate of drug-likeness (QED) is 0.760. The van der Waals surface area contributed by atoms with Crippen molar-refractivity contribution in [1.29, 1.82) is 0 Å². The van der Waals surface area contributed by atoms with E-state index in [0.29, 0.717) is 0 Å². The average Bonchev–Trinajstić information content (AvgIpc) is 3.01. The number of carbonyl (C=O) groups is 4. The van der Waals surface area contributed by atoms with E-state index in [0.717, 1.165) is 17.0 Å². The second-order valence-corrected chi connectivity index (χ2v) is 6.06. The number of nitrogens with zero attached hydrogens (tertiary/aromatic N) is 1. The third kappa shape index (κ3) is 3.49. The maximum Gasteiger partial charge on any atom is 0.230 e. The van der Waals surface area contributed by atoms with Crippen LogP contribution in [0.3, 0.4) is 0 Å². The van der Waals surface area contributed by atoms with Gasteiger partial charge in [0, 0.05) is 25.8 Å². The summed E-state index contributed by atoms with van der Waals surface area (Å²) < 4.78 is 27.6. The molecule has 25 heavy (non-hydrogen) atoms. The highest BCUT2D eigenvalue weighted by atomic mass is 19.1. The zero-order valence-electron chi connectivity index (χ0n) is 13.1. The molecule has 2 atom stereocenters. The van der Waals surface area contributed by atoms with Crippen LogP contribution in [0.4, 0.5) is 14.5 Å². The summed E-state index contributed by atoms with van der Waals surface area (Å²) in [6.07, 6.45) is -0.339.